The summed E-state index contributed by atoms with van der Waals surface area (Å²) in [6.07, 6.45) is 0. The summed E-state index contributed by atoms with van der Waals surface area (Å²) < 4.78 is 7.70. The van der Waals surface area contributed by atoms with E-state index >= 15 is 0 Å². The molecule has 1 atom stereocenters. The second-order valence-electron chi connectivity index (χ2n) is 4.89. The molecule has 6 heteroatoms. The molecule has 2 aromatic heterocycles. The molecule has 20 heavy (non-hydrogen) atoms. The van der Waals surface area contributed by atoms with Gasteiger partial charge in [-0.15, -0.1) is 11.3 Å². The van der Waals surface area contributed by atoms with E-state index in [1.165, 1.54) is 10.1 Å². The SMILES string of the molecule is C[C@@H](c1nc(-c2ccc3scc(Br)c3c2)no1)N(C)C. The van der Waals surface area contributed by atoms with E-state index in [0.717, 1.165) is 10.0 Å². The van der Waals surface area contributed by atoms with Crippen LogP contribution in [-0.2, 0) is 0 Å². The Balaban J connectivity index is 2.00. The van der Waals surface area contributed by atoms with Gasteiger partial charge in [-0.25, -0.2) is 0 Å². The molecule has 0 bridgehead atoms. The predicted octanol–water partition coefficient (Wildman–Crippen LogP) is 4.34. The van der Waals surface area contributed by atoms with Crippen LogP contribution in [0.4, 0.5) is 0 Å². The van der Waals surface area contributed by atoms with Crippen LogP contribution < -0.4 is 0 Å². The van der Waals surface area contributed by atoms with Gasteiger partial charge in [-0.2, -0.15) is 4.98 Å². The number of thiophene rings is 1. The van der Waals surface area contributed by atoms with Gasteiger partial charge in [-0.1, -0.05) is 5.16 Å². The Hall–Kier alpha value is -1.24. The van der Waals surface area contributed by atoms with Gasteiger partial charge in [0.15, 0.2) is 0 Å². The minimum Gasteiger partial charge on any atom is -0.337 e. The van der Waals surface area contributed by atoms with Gasteiger partial charge in [-0.05, 0) is 55.1 Å². The van der Waals surface area contributed by atoms with Crippen LogP contribution in [0.25, 0.3) is 21.5 Å². The summed E-state index contributed by atoms with van der Waals surface area (Å²) in [4.78, 5) is 6.53. The summed E-state index contributed by atoms with van der Waals surface area (Å²) in [6.45, 7) is 2.04. The monoisotopic (exact) mass is 351 g/mol. The molecule has 0 N–H and O–H groups in total. The molecule has 0 aliphatic heterocycles. The molecule has 2 heterocycles. The van der Waals surface area contributed by atoms with Gasteiger partial charge in [0.2, 0.25) is 11.7 Å². The van der Waals surface area contributed by atoms with Crippen LogP contribution in [0.5, 0.6) is 0 Å². The van der Waals surface area contributed by atoms with E-state index in [-0.39, 0.29) is 6.04 Å². The maximum Gasteiger partial charge on any atom is 0.244 e. The molecular weight excluding hydrogens is 338 g/mol. The van der Waals surface area contributed by atoms with Crippen molar-refractivity contribution >= 4 is 37.4 Å². The minimum absolute atomic E-state index is 0.105. The average molecular weight is 352 g/mol. The van der Waals surface area contributed by atoms with Crippen molar-refractivity contribution in [2.45, 2.75) is 13.0 Å². The van der Waals surface area contributed by atoms with Crippen molar-refractivity contribution in [1.82, 2.24) is 15.0 Å². The van der Waals surface area contributed by atoms with Crippen molar-refractivity contribution < 1.29 is 4.52 Å². The van der Waals surface area contributed by atoms with E-state index in [0.29, 0.717) is 11.7 Å². The Kier molecular flexibility index (Phi) is 3.62. The van der Waals surface area contributed by atoms with E-state index in [4.69, 9.17) is 4.52 Å². The highest BCUT2D eigenvalue weighted by Crippen LogP contribution is 2.33. The van der Waals surface area contributed by atoms with Crippen LogP contribution in [0.1, 0.15) is 18.9 Å². The zero-order valence-electron chi connectivity index (χ0n) is 11.4. The first-order chi connectivity index (χ1) is 9.56. The van der Waals surface area contributed by atoms with E-state index in [1.54, 1.807) is 11.3 Å². The van der Waals surface area contributed by atoms with Gasteiger partial charge in [0.05, 0.1) is 6.04 Å². The zero-order valence-corrected chi connectivity index (χ0v) is 13.8. The molecule has 104 valence electrons. The highest BCUT2D eigenvalue weighted by atomic mass is 79.9. The van der Waals surface area contributed by atoms with Crippen LogP contribution >= 0.6 is 27.3 Å². The lowest BCUT2D eigenvalue weighted by molar-refractivity contribution is 0.245. The standard InChI is InChI=1S/C14H14BrN3OS/c1-8(18(2)3)14-16-13(17-19-14)9-4-5-12-10(6-9)11(15)7-20-12/h4-8H,1-3H3/t8-/m0/s1. The van der Waals surface area contributed by atoms with Gasteiger partial charge < -0.3 is 4.52 Å². The number of hydrogen-bond acceptors (Lipinski definition) is 5. The highest BCUT2D eigenvalue weighted by molar-refractivity contribution is 9.10. The second kappa shape index (κ2) is 5.27. The normalized spacial score (nSPS) is 13.2. The summed E-state index contributed by atoms with van der Waals surface area (Å²) in [5.74, 6) is 1.27. The van der Waals surface area contributed by atoms with Gasteiger partial charge in [0.25, 0.3) is 0 Å². The first kappa shape index (κ1) is 13.7. The molecule has 0 aliphatic carbocycles. The van der Waals surface area contributed by atoms with Gasteiger partial charge in [0, 0.05) is 25.5 Å². The van der Waals surface area contributed by atoms with Gasteiger partial charge in [-0.3, -0.25) is 4.90 Å². The summed E-state index contributed by atoms with van der Waals surface area (Å²) in [6, 6.07) is 6.31. The van der Waals surface area contributed by atoms with Crippen molar-refractivity contribution in [2.24, 2.45) is 0 Å². The Morgan fingerprint density at radius 3 is 2.90 bits per heavy atom. The van der Waals surface area contributed by atoms with Gasteiger partial charge >= 0.3 is 0 Å². The molecule has 3 rings (SSSR count). The van der Waals surface area contributed by atoms with Crippen molar-refractivity contribution in [3.8, 4) is 11.4 Å². The smallest absolute Gasteiger partial charge is 0.244 e. The maximum atomic E-state index is 5.35. The summed E-state index contributed by atoms with van der Waals surface area (Å²) in [5, 5.41) is 7.35. The second-order valence-corrected chi connectivity index (χ2v) is 6.66. The number of hydrogen-bond donors (Lipinski definition) is 0. The van der Waals surface area contributed by atoms with Crippen molar-refractivity contribution in [2.75, 3.05) is 14.1 Å². The first-order valence-electron chi connectivity index (χ1n) is 6.23. The fourth-order valence-electron chi connectivity index (χ4n) is 1.88. The Bertz CT molecular complexity index is 750. The summed E-state index contributed by atoms with van der Waals surface area (Å²) >= 11 is 5.27. The predicted molar refractivity (Wildman–Crippen MR) is 84.9 cm³/mol. The molecule has 0 aliphatic rings. The number of rotatable bonds is 3. The Labute approximate surface area is 129 Å². The lowest BCUT2D eigenvalue weighted by atomic mass is 10.1. The van der Waals surface area contributed by atoms with Crippen molar-refractivity contribution in [3.63, 3.8) is 0 Å². The van der Waals surface area contributed by atoms with Crippen LogP contribution in [0.3, 0.4) is 0 Å². The Morgan fingerprint density at radius 2 is 2.15 bits per heavy atom. The highest BCUT2D eigenvalue weighted by Gasteiger charge is 2.17. The molecular formula is C14H14BrN3OS. The molecule has 0 unspecified atom stereocenters. The number of benzene rings is 1. The minimum atomic E-state index is 0.105. The van der Waals surface area contributed by atoms with Crippen LogP contribution in [0.15, 0.2) is 32.6 Å². The molecule has 0 spiro atoms. The maximum absolute atomic E-state index is 5.35. The van der Waals surface area contributed by atoms with E-state index in [2.05, 4.69) is 43.6 Å². The first-order valence-corrected chi connectivity index (χ1v) is 7.90. The number of fused-ring (bicyclic) bond motifs is 1. The molecule has 3 aromatic rings. The molecule has 0 saturated heterocycles. The molecule has 0 amide bonds. The number of aromatic nitrogens is 2. The largest absolute Gasteiger partial charge is 0.337 e. The third kappa shape index (κ3) is 2.39. The summed E-state index contributed by atoms with van der Waals surface area (Å²) in [5.41, 5.74) is 0.970. The molecule has 0 saturated carbocycles. The topological polar surface area (TPSA) is 42.2 Å². The molecule has 1 aromatic carbocycles. The lowest BCUT2D eigenvalue weighted by Crippen LogP contribution is -2.16. The van der Waals surface area contributed by atoms with Gasteiger partial charge in [0.1, 0.15) is 0 Å². The van der Waals surface area contributed by atoms with Crippen molar-refractivity contribution in [3.05, 3.63) is 33.9 Å². The van der Waals surface area contributed by atoms with E-state index in [1.807, 2.05) is 32.0 Å². The number of halogens is 1. The van der Waals surface area contributed by atoms with E-state index < -0.39 is 0 Å². The summed E-state index contributed by atoms with van der Waals surface area (Å²) in [7, 11) is 3.98. The fourth-order valence-corrected chi connectivity index (χ4v) is 3.42. The van der Waals surface area contributed by atoms with Crippen LogP contribution in [-0.4, -0.2) is 29.1 Å². The number of nitrogens with zero attached hydrogens (tertiary/aromatic N) is 3. The van der Waals surface area contributed by atoms with Crippen LogP contribution in [0, 0.1) is 0 Å². The third-order valence-electron chi connectivity index (χ3n) is 3.36. The van der Waals surface area contributed by atoms with Crippen LogP contribution in [0.2, 0.25) is 0 Å². The average Bonchev–Trinajstić information content (AvgIpc) is 3.05. The fraction of sp³-hybridized carbons (Fsp3) is 0.286. The Morgan fingerprint density at radius 1 is 1.35 bits per heavy atom. The molecule has 0 fully saturated rings. The third-order valence-corrected chi connectivity index (χ3v) is 5.28. The van der Waals surface area contributed by atoms with E-state index in [9.17, 15) is 0 Å². The zero-order chi connectivity index (χ0) is 14.3. The van der Waals surface area contributed by atoms with Crippen molar-refractivity contribution in [1.29, 1.82) is 0 Å². The lowest BCUT2D eigenvalue weighted by Gasteiger charge is -2.14. The quantitative estimate of drug-likeness (QED) is 0.703. The molecule has 4 nitrogen and oxygen atoms in total. The molecule has 0 radical (unpaired) electrons.